The van der Waals surface area contributed by atoms with Crippen molar-refractivity contribution in [2.24, 2.45) is 5.92 Å². The van der Waals surface area contributed by atoms with E-state index in [2.05, 4.69) is 13.8 Å². The Morgan fingerprint density at radius 3 is 2.33 bits per heavy atom. The number of likely N-dealkylation sites (tertiary alicyclic amines) is 1. The van der Waals surface area contributed by atoms with E-state index < -0.39 is 0 Å². The van der Waals surface area contributed by atoms with Crippen LogP contribution in [0.5, 0.6) is 0 Å². The van der Waals surface area contributed by atoms with Gasteiger partial charge in [0.1, 0.15) is 0 Å². The minimum absolute atomic E-state index is 0.0573. The largest absolute Gasteiger partial charge is 0.465 e. The van der Waals surface area contributed by atoms with Gasteiger partial charge in [-0.1, -0.05) is 38.8 Å². The van der Waals surface area contributed by atoms with Crippen molar-refractivity contribution in [2.45, 2.75) is 52.4 Å². The molecule has 0 unspecified atom stereocenters. The molecule has 0 N–H and O–H groups in total. The maximum atomic E-state index is 12.5. The third kappa shape index (κ3) is 5.08. The summed E-state index contributed by atoms with van der Waals surface area (Å²) >= 11 is 0. The Morgan fingerprint density at radius 1 is 1.08 bits per heavy atom. The van der Waals surface area contributed by atoms with Gasteiger partial charge in [-0.05, 0) is 43.4 Å². The third-order valence-electron chi connectivity index (χ3n) is 4.72. The van der Waals surface area contributed by atoms with Crippen LogP contribution in [0.2, 0.25) is 0 Å². The van der Waals surface area contributed by atoms with Gasteiger partial charge in [-0.3, -0.25) is 9.59 Å². The van der Waals surface area contributed by atoms with Crippen molar-refractivity contribution in [3.05, 3.63) is 35.4 Å². The maximum absolute atomic E-state index is 12.5. The summed E-state index contributed by atoms with van der Waals surface area (Å²) in [5.74, 6) is -0.0870. The van der Waals surface area contributed by atoms with Gasteiger partial charge in [0, 0.05) is 18.7 Å². The molecule has 4 nitrogen and oxygen atoms in total. The van der Waals surface area contributed by atoms with Crippen LogP contribution in [0.15, 0.2) is 24.3 Å². The Morgan fingerprint density at radius 2 is 1.75 bits per heavy atom. The Bertz CT molecular complexity index is 530. The van der Waals surface area contributed by atoms with Crippen LogP contribution in [0.4, 0.5) is 0 Å². The van der Waals surface area contributed by atoms with E-state index >= 15 is 0 Å². The van der Waals surface area contributed by atoms with Crippen LogP contribution in [0, 0.1) is 5.92 Å². The number of rotatable bonds is 7. The van der Waals surface area contributed by atoms with Gasteiger partial charge in [0.15, 0.2) is 0 Å². The molecule has 2 rings (SSSR count). The molecule has 0 atom stereocenters. The fraction of sp³-hybridized carbons (Fsp3) is 0.600. The minimum Gasteiger partial charge on any atom is -0.465 e. The Kier molecular flexibility index (Phi) is 7.29. The highest BCUT2D eigenvalue weighted by molar-refractivity contribution is 5.94. The molecule has 1 saturated heterocycles. The molecule has 132 valence electrons. The first-order valence-corrected chi connectivity index (χ1v) is 9.20. The molecule has 4 heteroatoms. The van der Waals surface area contributed by atoms with E-state index in [0.717, 1.165) is 31.2 Å². The molecular formula is C20H29NO3. The molecule has 0 aromatic heterocycles. The van der Waals surface area contributed by atoms with E-state index in [1.54, 1.807) is 0 Å². The summed E-state index contributed by atoms with van der Waals surface area (Å²) in [5.41, 5.74) is 1.96. The number of piperidine rings is 1. The second-order valence-electron chi connectivity index (χ2n) is 6.49. The van der Waals surface area contributed by atoms with Gasteiger partial charge in [-0.25, -0.2) is 0 Å². The van der Waals surface area contributed by atoms with Crippen LogP contribution in [0.1, 0.15) is 61.9 Å². The zero-order valence-electron chi connectivity index (χ0n) is 14.9. The molecule has 1 heterocycles. The number of hydrogen-bond acceptors (Lipinski definition) is 3. The van der Waals surface area contributed by atoms with Gasteiger partial charge in [0.05, 0.1) is 12.5 Å². The van der Waals surface area contributed by atoms with Crippen LogP contribution in [0.3, 0.4) is 0 Å². The summed E-state index contributed by atoms with van der Waals surface area (Å²) in [6.45, 7) is 6.01. The Labute approximate surface area is 145 Å². The van der Waals surface area contributed by atoms with Gasteiger partial charge in [-0.15, -0.1) is 0 Å². The fourth-order valence-corrected chi connectivity index (χ4v) is 3.03. The molecule has 0 spiro atoms. The van der Waals surface area contributed by atoms with Gasteiger partial charge in [0.25, 0.3) is 5.91 Å². The van der Waals surface area contributed by atoms with E-state index in [1.807, 2.05) is 29.2 Å². The minimum atomic E-state index is -0.0921. The highest BCUT2D eigenvalue weighted by atomic mass is 16.5. The van der Waals surface area contributed by atoms with Crippen LogP contribution in [-0.4, -0.2) is 36.5 Å². The number of unbranched alkanes of at least 4 members (excludes halogenated alkanes) is 2. The molecule has 24 heavy (non-hydrogen) atoms. The SMILES string of the molecule is CCCCCOC(=O)C1CCN(C(=O)c2ccc(CC)cc2)CC1. The molecule has 0 radical (unpaired) electrons. The van der Waals surface area contributed by atoms with Gasteiger partial charge < -0.3 is 9.64 Å². The number of aryl methyl sites for hydroxylation is 1. The summed E-state index contributed by atoms with van der Waals surface area (Å²) in [6, 6.07) is 7.81. The van der Waals surface area contributed by atoms with Crippen molar-refractivity contribution in [1.82, 2.24) is 4.90 Å². The summed E-state index contributed by atoms with van der Waals surface area (Å²) in [7, 11) is 0. The summed E-state index contributed by atoms with van der Waals surface area (Å²) in [5, 5.41) is 0. The topological polar surface area (TPSA) is 46.6 Å². The number of carbonyl (C=O) groups is 2. The van der Waals surface area contributed by atoms with Crippen LogP contribution >= 0.6 is 0 Å². The summed E-state index contributed by atoms with van der Waals surface area (Å²) in [6.07, 6.45) is 5.53. The van der Waals surface area contributed by atoms with Crippen molar-refractivity contribution in [3.63, 3.8) is 0 Å². The Balaban J connectivity index is 1.78. The number of amides is 1. The molecular weight excluding hydrogens is 302 g/mol. The predicted octanol–water partition coefficient (Wildman–Crippen LogP) is 3.83. The molecule has 1 aliphatic heterocycles. The summed E-state index contributed by atoms with van der Waals surface area (Å²) in [4.78, 5) is 26.4. The van der Waals surface area contributed by atoms with Crippen LogP contribution < -0.4 is 0 Å². The van der Waals surface area contributed by atoms with Crippen molar-refractivity contribution in [3.8, 4) is 0 Å². The second-order valence-corrected chi connectivity index (χ2v) is 6.49. The number of ether oxygens (including phenoxy) is 1. The molecule has 0 bridgehead atoms. The summed E-state index contributed by atoms with van der Waals surface area (Å²) < 4.78 is 5.35. The van der Waals surface area contributed by atoms with E-state index in [0.29, 0.717) is 32.5 Å². The lowest BCUT2D eigenvalue weighted by atomic mass is 9.96. The molecule has 1 aliphatic rings. The average molecular weight is 331 g/mol. The zero-order valence-corrected chi connectivity index (χ0v) is 14.9. The number of esters is 1. The number of hydrogen-bond donors (Lipinski definition) is 0. The Hall–Kier alpha value is -1.84. The lowest BCUT2D eigenvalue weighted by Crippen LogP contribution is -2.40. The second kappa shape index (κ2) is 9.45. The third-order valence-corrected chi connectivity index (χ3v) is 4.72. The molecule has 1 aromatic carbocycles. The van der Waals surface area contributed by atoms with Crippen LogP contribution in [-0.2, 0) is 16.0 Å². The van der Waals surface area contributed by atoms with Crippen molar-refractivity contribution < 1.29 is 14.3 Å². The first-order chi connectivity index (χ1) is 11.7. The van der Waals surface area contributed by atoms with Crippen LogP contribution in [0.25, 0.3) is 0 Å². The van der Waals surface area contributed by atoms with Gasteiger partial charge >= 0.3 is 5.97 Å². The zero-order chi connectivity index (χ0) is 17.4. The number of benzene rings is 1. The molecule has 0 aliphatic carbocycles. The van der Waals surface area contributed by atoms with E-state index in [1.165, 1.54) is 5.56 Å². The van der Waals surface area contributed by atoms with Gasteiger partial charge in [0.2, 0.25) is 0 Å². The normalized spacial score (nSPS) is 15.3. The van der Waals surface area contributed by atoms with Gasteiger partial charge in [-0.2, -0.15) is 0 Å². The first-order valence-electron chi connectivity index (χ1n) is 9.20. The fourth-order valence-electron chi connectivity index (χ4n) is 3.03. The number of nitrogens with zero attached hydrogens (tertiary/aromatic N) is 1. The monoisotopic (exact) mass is 331 g/mol. The van der Waals surface area contributed by atoms with Crippen molar-refractivity contribution in [2.75, 3.05) is 19.7 Å². The highest BCUT2D eigenvalue weighted by Crippen LogP contribution is 2.21. The highest BCUT2D eigenvalue weighted by Gasteiger charge is 2.28. The standard InChI is InChI=1S/C20H29NO3/c1-3-5-6-15-24-20(23)18-11-13-21(14-12-18)19(22)17-9-7-16(4-2)8-10-17/h7-10,18H,3-6,11-15H2,1-2H3. The quantitative estimate of drug-likeness (QED) is 0.563. The lowest BCUT2D eigenvalue weighted by molar-refractivity contribution is -0.150. The van der Waals surface area contributed by atoms with Crippen molar-refractivity contribution >= 4 is 11.9 Å². The smallest absolute Gasteiger partial charge is 0.309 e. The maximum Gasteiger partial charge on any atom is 0.309 e. The molecule has 1 amide bonds. The van der Waals surface area contributed by atoms with E-state index in [4.69, 9.17) is 4.74 Å². The predicted molar refractivity (Wildman–Crippen MR) is 94.9 cm³/mol. The van der Waals surface area contributed by atoms with Crippen molar-refractivity contribution in [1.29, 1.82) is 0 Å². The molecule has 1 fully saturated rings. The average Bonchev–Trinajstić information content (AvgIpc) is 2.64. The lowest BCUT2D eigenvalue weighted by Gasteiger charge is -2.31. The molecule has 0 saturated carbocycles. The van der Waals surface area contributed by atoms with E-state index in [-0.39, 0.29) is 17.8 Å². The number of carbonyl (C=O) groups excluding carboxylic acids is 2. The molecule has 1 aromatic rings. The first kappa shape index (κ1) is 18.5. The van der Waals surface area contributed by atoms with E-state index in [9.17, 15) is 9.59 Å².